The van der Waals surface area contributed by atoms with Gasteiger partial charge in [-0.2, -0.15) is 9.78 Å². The number of nitro benzene ring substituents is 1. The van der Waals surface area contributed by atoms with Crippen molar-refractivity contribution in [1.29, 1.82) is 0 Å². The number of hydrogen-bond acceptors (Lipinski definition) is 7. The second-order valence-corrected chi connectivity index (χ2v) is 9.50. The molecule has 3 aromatic carbocycles. The first kappa shape index (κ1) is 26.7. The van der Waals surface area contributed by atoms with Crippen LogP contribution in [0.2, 0.25) is 0 Å². The lowest BCUT2D eigenvalue weighted by Gasteiger charge is -2.14. The summed E-state index contributed by atoms with van der Waals surface area (Å²) in [6, 6.07) is 15.7. The monoisotopic (exact) mass is 578 g/mol. The second-order valence-electron chi connectivity index (χ2n) is 8.58. The molecule has 0 aliphatic carbocycles. The van der Waals surface area contributed by atoms with Gasteiger partial charge in [0.2, 0.25) is 0 Å². The minimum absolute atomic E-state index is 0.0163. The molecule has 0 fully saturated rings. The smallest absolute Gasteiger partial charge is 0.335 e. The van der Waals surface area contributed by atoms with Crippen LogP contribution in [0.5, 0.6) is 5.75 Å². The van der Waals surface area contributed by atoms with Crippen LogP contribution in [-0.2, 0) is 6.61 Å². The molecule has 10 nitrogen and oxygen atoms in total. The number of fused-ring (bicyclic) bond motifs is 1. The molecule has 38 heavy (non-hydrogen) atoms. The van der Waals surface area contributed by atoms with Gasteiger partial charge in [-0.25, -0.2) is 9.78 Å². The molecule has 4 aromatic rings. The lowest BCUT2D eigenvalue weighted by atomic mass is 10.1. The molecule has 1 atom stereocenters. The number of halogens is 1. The van der Waals surface area contributed by atoms with E-state index in [1.165, 1.54) is 35.2 Å². The van der Waals surface area contributed by atoms with Crippen molar-refractivity contribution in [1.82, 2.24) is 9.66 Å². The van der Waals surface area contributed by atoms with Gasteiger partial charge in [-0.3, -0.25) is 14.9 Å². The largest absolute Gasteiger partial charge is 0.482 e. The summed E-state index contributed by atoms with van der Waals surface area (Å²) in [5, 5.41) is 25.7. The van der Waals surface area contributed by atoms with Crippen molar-refractivity contribution in [2.24, 2.45) is 5.10 Å². The quantitative estimate of drug-likeness (QED) is 0.152. The molecule has 0 saturated carbocycles. The Labute approximate surface area is 225 Å². The predicted octanol–water partition coefficient (Wildman–Crippen LogP) is 5.74. The van der Waals surface area contributed by atoms with Gasteiger partial charge in [-0.15, -0.1) is 0 Å². The summed E-state index contributed by atoms with van der Waals surface area (Å²) in [4.78, 5) is 40.3. The predicted molar refractivity (Wildman–Crippen MR) is 146 cm³/mol. The molecular formula is C27H23BrN4O6. The summed E-state index contributed by atoms with van der Waals surface area (Å²) in [5.74, 6) is -0.631. The van der Waals surface area contributed by atoms with E-state index in [4.69, 9.17) is 9.84 Å². The first-order valence-corrected chi connectivity index (χ1v) is 12.5. The van der Waals surface area contributed by atoms with Crippen LogP contribution < -0.4 is 10.3 Å². The summed E-state index contributed by atoms with van der Waals surface area (Å²) in [5.41, 5.74) is 0.950. The average Bonchev–Trinajstić information content (AvgIpc) is 2.91. The maximum atomic E-state index is 13.3. The van der Waals surface area contributed by atoms with Crippen LogP contribution in [0.4, 0.5) is 5.69 Å². The van der Waals surface area contributed by atoms with Crippen molar-refractivity contribution in [3.8, 4) is 5.75 Å². The fourth-order valence-electron chi connectivity index (χ4n) is 3.74. The fourth-order valence-corrected chi connectivity index (χ4v) is 4.10. The number of aromatic nitrogens is 2. The van der Waals surface area contributed by atoms with E-state index in [0.717, 1.165) is 10.9 Å². The Morgan fingerprint density at radius 2 is 2.03 bits per heavy atom. The van der Waals surface area contributed by atoms with Gasteiger partial charge in [0.1, 0.15) is 12.4 Å². The summed E-state index contributed by atoms with van der Waals surface area (Å²) in [7, 11) is 0. The van der Waals surface area contributed by atoms with Crippen molar-refractivity contribution in [3.63, 3.8) is 0 Å². The lowest BCUT2D eigenvalue weighted by Crippen LogP contribution is -2.23. The number of carboxylic acids is 1. The molecule has 1 aromatic heterocycles. The molecular weight excluding hydrogens is 556 g/mol. The van der Waals surface area contributed by atoms with Crippen LogP contribution in [0.15, 0.2) is 75.0 Å². The van der Waals surface area contributed by atoms with E-state index in [1.54, 1.807) is 30.3 Å². The Hall–Kier alpha value is -4.38. The van der Waals surface area contributed by atoms with Crippen molar-refractivity contribution < 1.29 is 19.6 Å². The molecule has 0 aliphatic rings. The van der Waals surface area contributed by atoms with Crippen LogP contribution in [-0.4, -0.2) is 31.9 Å². The third-order valence-electron chi connectivity index (χ3n) is 5.96. The van der Waals surface area contributed by atoms with Gasteiger partial charge in [0.25, 0.3) is 5.56 Å². The van der Waals surface area contributed by atoms with Crippen LogP contribution in [0.1, 0.15) is 53.5 Å². The van der Waals surface area contributed by atoms with E-state index in [1.807, 2.05) is 19.9 Å². The highest BCUT2D eigenvalue weighted by molar-refractivity contribution is 9.10. The molecule has 0 radical (unpaired) electrons. The van der Waals surface area contributed by atoms with Gasteiger partial charge in [-0.1, -0.05) is 41.9 Å². The fraction of sp³-hybridized carbons (Fsp3) is 0.185. The number of rotatable bonds is 9. The van der Waals surface area contributed by atoms with Gasteiger partial charge in [0.15, 0.2) is 5.75 Å². The van der Waals surface area contributed by atoms with Gasteiger partial charge in [0, 0.05) is 22.0 Å². The molecule has 194 valence electrons. The molecule has 0 amide bonds. The van der Waals surface area contributed by atoms with Crippen molar-refractivity contribution in [2.75, 3.05) is 0 Å². The molecule has 1 heterocycles. The van der Waals surface area contributed by atoms with E-state index >= 15 is 0 Å². The summed E-state index contributed by atoms with van der Waals surface area (Å²) < 4.78 is 7.60. The third kappa shape index (κ3) is 5.78. The SMILES string of the molecule is CC[C@@H](C)c1nc2ccc(Br)cc2c(=O)n1N=Cc1ccc(OCc2cccc(C(=O)O)c2)c([N+](=O)[O-])c1. The Bertz CT molecular complexity index is 1630. The van der Waals surface area contributed by atoms with Crippen molar-refractivity contribution >= 4 is 44.7 Å². The standard InChI is InChI=1S/C27H23BrN4O6/c1-3-16(2)25-30-22-9-8-20(28)13-21(22)26(33)31(25)29-14-17-7-10-24(23(12-17)32(36)37)38-15-18-5-4-6-19(11-18)27(34)35/h4-14,16H,3,15H2,1-2H3,(H,34,35)/t16-/m1/s1. The van der Waals surface area contributed by atoms with Crippen LogP contribution >= 0.6 is 15.9 Å². The molecule has 0 unspecified atom stereocenters. The number of benzene rings is 3. The lowest BCUT2D eigenvalue weighted by molar-refractivity contribution is -0.385. The zero-order valence-corrected chi connectivity index (χ0v) is 22.1. The normalized spacial score (nSPS) is 12.1. The van der Waals surface area contributed by atoms with Crippen molar-refractivity contribution in [2.45, 2.75) is 32.8 Å². The highest BCUT2D eigenvalue weighted by atomic mass is 79.9. The summed E-state index contributed by atoms with van der Waals surface area (Å²) in [6.45, 7) is 3.87. The number of nitro groups is 1. The topological polar surface area (TPSA) is 137 Å². The van der Waals surface area contributed by atoms with Gasteiger partial charge in [0.05, 0.1) is 27.6 Å². The number of hydrogen-bond donors (Lipinski definition) is 1. The molecule has 0 saturated heterocycles. The first-order chi connectivity index (χ1) is 18.2. The molecule has 0 bridgehead atoms. The van der Waals surface area contributed by atoms with Crippen LogP contribution in [0, 0.1) is 10.1 Å². The Morgan fingerprint density at radius 1 is 1.24 bits per heavy atom. The minimum atomic E-state index is -1.08. The second kappa shape index (κ2) is 11.3. The Kier molecular flexibility index (Phi) is 7.96. The highest BCUT2D eigenvalue weighted by Gasteiger charge is 2.18. The van der Waals surface area contributed by atoms with Crippen LogP contribution in [0.3, 0.4) is 0 Å². The number of carboxylic acid groups (broad SMARTS) is 1. The minimum Gasteiger partial charge on any atom is -0.482 e. The maximum Gasteiger partial charge on any atom is 0.335 e. The Balaban J connectivity index is 1.67. The number of nitrogens with zero attached hydrogens (tertiary/aromatic N) is 4. The van der Waals surface area contributed by atoms with Crippen molar-refractivity contribution in [3.05, 3.63) is 108 Å². The third-order valence-corrected chi connectivity index (χ3v) is 6.45. The number of aromatic carboxylic acids is 1. The first-order valence-electron chi connectivity index (χ1n) is 11.7. The van der Waals surface area contributed by atoms with Gasteiger partial charge in [-0.05, 0) is 54.4 Å². The zero-order valence-electron chi connectivity index (χ0n) is 20.5. The summed E-state index contributed by atoms with van der Waals surface area (Å²) in [6.07, 6.45) is 2.10. The van der Waals surface area contributed by atoms with Gasteiger partial charge >= 0.3 is 11.7 Å². The van der Waals surface area contributed by atoms with E-state index in [2.05, 4.69) is 26.0 Å². The molecule has 0 aliphatic heterocycles. The number of ether oxygens (including phenoxy) is 1. The van der Waals surface area contributed by atoms with E-state index in [-0.39, 0.29) is 35.1 Å². The van der Waals surface area contributed by atoms with E-state index < -0.39 is 10.9 Å². The Morgan fingerprint density at radius 3 is 2.74 bits per heavy atom. The number of carbonyl (C=O) groups is 1. The molecule has 1 N–H and O–H groups in total. The highest BCUT2D eigenvalue weighted by Crippen LogP contribution is 2.29. The van der Waals surface area contributed by atoms with Crippen LogP contribution in [0.25, 0.3) is 10.9 Å². The van der Waals surface area contributed by atoms with E-state index in [0.29, 0.717) is 27.9 Å². The average molecular weight is 579 g/mol. The molecule has 0 spiro atoms. The van der Waals surface area contributed by atoms with Gasteiger partial charge < -0.3 is 9.84 Å². The van der Waals surface area contributed by atoms with E-state index in [9.17, 15) is 19.7 Å². The molecule has 11 heteroatoms. The summed E-state index contributed by atoms with van der Waals surface area (Å²) >= 11 is 3.38. The molecule has 4 rings (SSSR count). The maximum absolute atomic E-state index is 13.3. The zero-order chi connectivity index (χ0) is 27.4.